The molecule has 1 saturated heterocycles. The fourth-order valence-corrected chi connectivity index (χ4v) is 3.43. The molecule has 144 valence electrons. The number of carbonyl (C=O) groups excluding carboxylic acids is 2. The van der Waals surface area contributed by atoms with Crippen molar-refractivity contribution < 1.29 is 18.7 Å². The van der Waals surface area contributed by atoms with E-state index in [9.17, 15) is 14.0 Å². The molecule has 1 unspecified atom stereocenters. The van der Waals surface area contributed by atoms with Gasteiger partial charge in [0.2, 0.25) is 11.8 Å². The second-order valence-electron chi connectivity index (χ2n) is 6.72. The molecular formula is C19H22FN3O3S. The van der Waals surface area contributed by atoms with Crippen LogP contribution in [0.2, 0.25) is 0 Å². The maximum atomic E-state index is 13.1. The molecule has 2 heterocycles. The van der Waals surface area contributed by atoms with Gasteiger partial charge in [-0.2, -0.15) is 0 Å². The molecular weight excluding hydrogens is 369 g/mol. The molecule has 1 aromatic carbocycles. The molecule has 0 bridgehead atoms. The van der Waals surface area contributed by atoms with Crippen LogP contribution in [0.15, 0.2) is 29.6 Å². The molecule has 2 amide bonds. The Morgan fingerprint density at radius 1 is 1.37 bits per heavy atom. The van der Waals surface area contributed by atoms with Gasteiger partial charge in [0.1, 0.15) is 11.9 Å². The van der Waals surface area contributed by atoms with E-state index in [1.807, 2.05) is 13.8 Å². The van der Waals surface area contributed by atoms with E-state index >= 15 is 0 Å². The minimum atomic E-state index is -0.300. The predicted molar refractivity (Wildman–Crippen MR) is 101 cm³/mol. The number of carbonyl (C=O) groups is 2. The highest BCUT2D eigenvalue weighted by Gasteiger charge is 2.26. The molecule has 6 nitrogen and oxygen atoms in total. The fourth-order valence-electron chi connectivity index (χ4n) is 2.72. The zero-order valence-electron chi connectivity index (χ0n) is 15.3. The van der Waals surface area contributed by atoms with Crippen LogP contribution in [0.5, 0.6) is 0 Å². The number of ether oxygens (including phenoxy) is 1. The Hall–Kier alpha value is -2.32. The summed E-state index contributed by atoms with van der Waals surface area (Å²) in [5.74, 6) is -0.572. The highest BCUT2D eigenvalue weighted by atomic mass is 32.1. The van der Waals surface area contributed by atoms with Crippen molar-refractivity contribution in [3.63, 3.8) is 0 Å². The standard InChI is InChI=1S/C19H22FN3O3S/c1-12(2)18(25)22-19-21-15(11-27-19)9-17(24)23-7-8-26-16(10-23)13-3-5-14(20)6-4-13/h3-6,11-12,16H,7-10H2,1-2H3,(H,21,22,25). The van der Waals surface area contributed by atoms with Gasteiger partial charge in [0.05, 0.1) is 25.3 Å². The summed E-state index contributed by atoms with van der Waals surface area (Å²) in [5.41, 5.74) is 1.48. The van der Waals surface area contributed by atoms with E-state index < -0.39 is 0 Å². The third kappa shape index (κ3) is 5.11. The normalized spacial score (nSPS) is 17.2. The molecule has 1 atom stereocenters. The van der Waals surface area contributed by atoms with Crippen molar-refractivity contribution in [3.05, 3.63) is 46.7 Å². The van der Waals surface area contributed by atoms with E-state index in [1.54, 1.807) is 22.4 Å². The molecule has 0 radical (unpaired) electrons. The number of halogens is 1. The Morgan fingerprint density at radius 3 is 2.81 bits per heavy atom. The van der Waals surface area contributed by atoms with Gasteiger partial charge in [-0.1, -0.05) is 26.0 Å². The van der Waals surface area contributed by atoms with Crippen LogP contribution in [-0.4, -0.2) is 41.4 Å². The summed E-state index contributed by atoms with van der Waals surface area (Å²) >= 11 is 1.31. The lowest BCUT2D eigenvalue weighted by Crippen LogP contribution is -2.43. The van der Waals surface area contributed by atoms with Crippen molar-refractivity contribution in [1.82, 2.24) is 9.88 Å². The van der Waals surface area contributed by atoms with Crippen LogP contribution >= 0.6 is 11.3 Å². The number of nitrogens with zero attached hydrogens (tertiary/aromatic N) is 2. The quantitative estimate of drug-likeness (QED) is 0.851. The summed E-state index contributed by atoms with van der Waals surface area (Å²) in [7, 11) is 0. The Labute approximate surface area is 161 Å². The lowest BCUT2D eigenvalue weighted by Gasteiger charge is -2.33. The van der Waals surface area contributed by atoms with Crippen molar-refractivity contribution in [2.45, 2.75) is 26.4 Å². The average Bonchev–Trinajstić information content (AvgIpc) is 3.09. The summed E-state index contributed by atoms with van der Waals surface area (Å²) in [5, 5.41) is 5.03. The Balaban J connectivity index is 1.58. The third-order valence-corrected chi connectivity index (χ3v) is 5.11. The number of hydrogen-bond donors (Lipinski definition) is 1. The van der Waals surface area contributed by atoms with Crippen LogP contribution in [0.3, 0.4) is 0 Å². The van der Waals surface area contributed by atoms with Gasteiger partial charge in [-0.3, -0.25) is 9.59 Å². The number of hydrogen-bond acceptors (Lipinski definition) is 5. The molecule has 3 rings (SSSR count). The van der Waals surface area contributed by atoms with E-state index in [0.717, 1.165) is 5.56 Å². The highest BCUT2D eigenvalue weighted by molar-refractivity contribution is 7.13. The molecule has 8 heteroatoms. The van der Waals surface area contributed by atoms with Gasteiger partial charge in [-0.15, -0.1) is 11.3 Å². The fraction of sp³-hybridized carbons (Fsp3) is 0.421. The van der Waals surface area contributed by atoms with Crippen LogP contribution in [0.4, 0.5) is 9.52 Å². The lowest BCUT2D eigenvalue weighted by atomic mass is 10.1. The van der Waals surface area contributed by atoms with Gasteiger partial charge in [0.25, 0.3) is 0 Å². The van der Waals surface area contributed by atoms with Crippen molar-refractivity contribution >= 4 is 28.3 Å². The first kappa shape index (κ1) is 19.4. The van der Waals surface area contributed by atoms with Crippen LogP contribution < -0.4 is 5.32 Å². The van der Waals surface area contributed by atoms with E-state index in [1.165, 1.54) is 23.5 Å². The molecule has 1 fully saturated rings. The number of amides is 2. The molecule has 0 aliphatic carbocycles. The summed E-state index contributed by atoms with van der Waals surface area (Å²) in [6, 6.07) is 6.14. The Kier molecular flexibility index (Phi) is 6.18. The zero-order valence-corrected chi connectivity index (χ0v) is 16.1. The summed E-state index contributed by atoms with van der Waals surface area (Å²) in [6.07, 6.45) is -0.0934. The Morgan fingerprint density at radius 2 is 2.11 bits per heavy atom. The summed E-state index contributed by atoms with van der Waals surface area (Å²) < 4.78 is 18.8. The van der Waals surface area contributed by atoms with Gasteiger partial charge in [-0.05, 0) is 17.7 Å². The van der Waals surface area contributed by atoms with Crippen LogP contribution in [0.25, 0.3) is 0 Å². The number of anilines is 1. The number of benzene rings is 1. The van der Waals surface area contributed by atoms with Crippen LogP contribution in [0.1, 0.15) is 31.2 Å². The lowest BCUT2D eigenvalue weighted by molar-refractivity contribution is -0.138. The molecule has 27 heavy (non-hydrogen) atoms. The van der Waals surface area contributed by atoms with E-state index in [-0.39, 0.29) is 36.1 Å². The second-order valence-corrected chi connectivity index (χ2v) is 7.57. The zero-order chi connectivity index (χ0) is 19.4. The Bertz CT molecular complexity index is 807. The van der Waals surface area contributed by atoms with Crippen molar-refractivity contribution in [2.75, 3.05) is 25.0 Å². The molecule has 2 aromatic rings. The van der Waals surface area contributed by atoms with Crippen LogP contribution in [0, 0.1) is 11.7 Å². The molecule has 1 aliphatic rings. The first-order valence-electron chi connectivity index (χ1n) is 8.82. The highest BCUT2D eigenvalue weighted by Crippen LogP contribution is 2.23. The maximum Gasteiger partial charge on any atom is 0.228 e. The first-order valence-corrected chi connectivity index (χ1v) is 9.70. The largest absolute Gasteiger partial charge is 0.370 e. The minimum Gasteiger partial charge on any atom is -0.370 e. The number of morpholine rings is 1. The van der Waals surface area contributed by atoms with Gasteiger partial charge in [0, 0.05) is 17.8 Å². The number of rotatable bonds is 5. The maximum absolute atomic E-state index is 13.1. The smallest absolute Gasteiger partial charge is 0.228 e. The number of thiazole rings is 1. The van der Waals surface area contributed by atoms with Crippen molar-refractivity contribution in [3.8, 4) is 0 Å². The van der Waals surface area contributed by atoms with E-state index in [0.29, 0.717) is 30.5 Å². The SMILES string of the molecule is CC(C)C(=O)Nc1nc(CC(=O)N2CCOC(c3ccc(F)cc3)C2)cs1. The number of aromatic nitrogens is 1. The first-order chi connectivity index (χ1) is 12.9. The van der Waals surface area contributed by atoms with Gasteiger partial charge < -0.3 is 15.0 Å². The summed E-state index contributed by atoms with van der Waals surface area (Å²) in [4.78, 5) is 30.4. The average molecular weight is 391 g/mol. The molecule has 0 saturated carbocycles. The minimum absolute atomic E-state index is 0.0440. The van der Waals surface area contributed by atoms with Crippen molar-refractivity contribution in [1.29, 1.82) is 0 Å². The van der Waals surface area contributed by atoms with Gasteiger partial charge >= 0.3 is 0 Å². The monoisotopic (exact) mass is 391 g/mol. The molecule has 1 aromatic heterocycles. The van der Waals surface area contributed by atoms with Gasteiger partial charge in [-0.25, -0.2) is 9.37 Å². The molecule has 0 spiro atoms. The number of nitrogens with one attached hydrogen (secondary N) is 1. The summed E-state index contributed by atoms with van der Waals surface area (Å²) in [6.45, 7) is 4.98. The van der Waals surface area contributed by atoms with E-state index in [2.05, 4.69) is 10.3 Å². The molecule has 1 aliphatic heterocycles. The van der Waals surface area contributed by atoms with Crippen LogP contribution in [-0.2, 0) is 20.7 Å². The topological polar surface area (TPSA) is 71.5 Å². The molecule has 1 N–H and O–H groups in total. The van der Waals surface area contributed by atoms with E-state index in [4.69, 9.17) is 4.74 Å². The third-order valence-electron chi connectivity index (χ3n) is 4.30. The van der Waals surface area contributed by atoms with Crippen molar-refractivity contribution in [2.24, 2.45) is 5.92 Å². The van der Waals surface area contributed by atoms with Gasteiger partial charge in [0.15, 0.2) is 5.13 Å². The predicted octanol–water partition coefficient (Wildman–Crippen LogP) is 3.02. The second kappa shape index (κ2) is 8.58.